The molecule has 0 amide bonds. The number of carbonyl (C=O) groups excluding carboxylic acids is 1. The molecular formula is C14H17F3NO3+. The van der Waals surface area contributed by atoms with Gasteiger partial charge >= 0.3 is 6.18 Å². The normalized spacial score (nSPS) is 14.6. The molecule has 116 valence electrons. The molecule has 0 bridgehead atoms. The largest absolute Gasteiger partial charge is 0.454 e. The monoisotopic (exact) mass is 304 g/mol. The minimum Gasteiger partial charge on any atom is -0.364 e. The molecule has 0 heterocycles. The van der Waals surface area contributed by atoms with E-state index in [9.17, 15) is 23.1 Å². The molecule has 21 heavy (non-hydrogen) atoms. The summed E-state index contributed by atoms with van der Waals surface area (Å²) in [6, 6.07) is 5.97. The Morgan fingerprint density at radius 1 is 1.33 bits per heavy atom. The third kappa shape index (κ3) is 4.38. The summed E-state index contributed by atoms with van der Waals surface area (Å²) < 4.78 is 42.1. The second-order valence-electron chi connectivity index (χ2n) is 4.36. The highest BCUT2D eigenvalue weighted by molar-refractivity contribution is 6.03. The molecule has 1 aromatic carbocycles. The van der Waals surface area contributed by atoms with Gasteiger partial charge in [-0.25, -0.2) is 0 Å². The van der Waals surface area contributed by atoms with Crippen molar-refractivity contribution in [2.45, 2.75) is 26.3 Å². The zero-order valence-electron chi connectivity index (χ0n) is 11.7. The van der Waals surface area contributed by atoms with Crippen molar-refractivity contribution >= 4 is 11.5 Å². The molecule has 0 aromatic heterocycles. The Balaban J connectivity index is 3.03. The van der Waals surface area contributed by atoms with Crippen LogP contribution >= 0.6 is 0 Å². The Morgan fingerprint density at radius 3 is 2.29 bits per heavy atom. The first kappa shape index (κ1) is 17.4. The number of ketones is 1. The molecule has 1 rings (SSSR count). The van der Waals surface area contributed by atoms with Gasteiger partial charge in [0, 0.05) is 17.7 Å². The Labute approximate surface area is 120 Å². The van der Waals surface area contributed by atoms with E-state index in [1.807, 2.05) is 0 Å². The number of hydrogen-bond donors (Lipinski definition) is 2. The fraction of sp³-hybridized carbons (Fsp3) is 0.357. The van der Waals surface area contributed by atoms with Crippen LogP contribution in [0.4, 0.5) is 13.2 Å². The van der Waals surface area contributed by atoms with Gasteiger partial charge in [0.05, 0.1) is 5.57 Å². The number of aliphatic hydroxyl groups is 1. The zero-order chi connectivity index (χ0) is 16.2. The second kappa shape index (κ2) is 6.84. The number of Topliss-reactive ketones (excluding diaryl/α,β-unsaturated/α-hetero) is 1. The molecule has 7 heteroatoms. The van der Waals surface area contributed by atoms with Gasteiger partial charge in [-0.15, -0.1) is 0 Å². The van der Waals surface area contributed by atoms with Crippen LogP contribution in [0.25, 0.3) is 5.70 Å². The predicted molar refractivity (Wildman–Crippen MR) is 69.6 cm³/mol. The number of aliphatic hydroxyl groups excluding tert-OH is 1. The Morgan fingerprint density at radius 2 is 1.86 bits per heavy atom. The van der Waals surface area contributed by atoms with Crippen molar-refractivity contribution in [2.75, 3.05) is 6.61 Å². The van der Waals surface area contributed by atoms with E-state index in [0.29, 0.717) is 17.7 Å². The van der Waals surface area contributed by atoms with Crippen LogP contribution < -0.4 is 5.73 Å². The van der Waals surface area contributed by atoms with Crippen LogP contribution in [0.3, 0.4) is 0 Å². The average molecular weight is 304 g/mol. The van der Waals surface area contributed by atoms with E-state index in [1.54, 1.807) is 6.92 Å². The van der Waals surface area contributed by atoms with Crippen molar-refractivity contribution in [1.82, 2.24) is 0 Å². The quantitative estimate of drug-likeness (QED) is 0.643. The van der Waals surface area contributed by atoms with E-state index in [2.05, 4.69) is 5.73 Å². The molecule has 0 saturated heterocycles. The van der Waals surface area contributed by atoms with Crippen LogP contribution in [0.5, 0.6) is 0 Å². The van der Waals surface area contributed by atoms with Crippen LogP contribution in [-0.2, 0) is 9.53 Å². The van der Waals surface area contributed by atoms with Crippen LogP contribution in [0.15, 0.2) is 29.8 Å². The van der Waals surface area contributed by atoms with Gasteiger partial charge in [0.2, 0.25) is 0 Å². The molecule has 4 nitrogen and oxygen atoms in total. The van der Waals surface area contributed by atoms with Crippen molar-refractivity contribution in [3.8, 4) is 0 Å². The molecule has 4 N–H and O–H groups in total. The number of ether oxygens (including phenoxy) is 1. The predicted octanol–water partition coefficient (Wildman–Crippen LogP) is 1.82. The van der Waals surface area contributed by atoms with Gasteiger partial charge in [-0.05, 0) is 26.0 Å². The van der Waals surface area contributed by atoms with Crippen molar-refractivity contribution in [3.05, 3.63) is 41.0 Å². The van der Waals surface area contributed by atoms with Gasteiger partial charge in [0.25, 0.3) is 5.78 Å². The van der Waals surface area contributed by atoms with Crippen LogP contribution in [0.1, 0.15) is 31.3 Å². The van der Waals surface area contributed by atoms with E-state index in [4.69, 9.17) is 4.74 Å². The first-order chi connectivity index (χ1) is 9.68. The van der Waals surface area contributed by atoms with Crippen molar-refractivity contribution in [2.24, 2.45) is 0 Å². The fourth-order valence-electron chi connectivity index (χ4n) is 1.67. The summed E-state index contributed by atoms with van der Waals surface area (Å²) in [6.07, 6.45) is -6.02. The van der Waals surface area contributed by atoms with E-state index < -0.39 is 23.8 Å². The molecule has 0 saturated carbocycles. The van der Waals surface area contributed by atoms with Gasteiger partial charge < -0.3 is 15.6 Å². The van der Waals surface area contributed by atoms with E-state index in [1.165, 1.54) is 24.3 Å². The molecule has 0 aliphatic heterocycles. The first-order valence-electron chi connectivity index (χ1n) is 6.22. The molecule has 0 radical (unpaired) electrons. The van der Waals surface area contributed by atoms with Gasteiger partial charge in [0.15, 0.2) is 6.29 Å². The maximum Gasteiger partial charge on any atom is 0.454 e. The molecule has 1 unspecified atom stereocenters. The van der Waals surface area contributed by atoms with Gasteiger partial charge in [0.1, 0.15) is 5.70 Å². The number of alkyl halides is 3. The van der Waals surface area contributed by atoms with Gasteiger partial charge in [-0.2, -0.15) is 13.2 Å². The van der Waals surface area contributed by atoms with Crippen molar-refractivity contribution in [3.63, 3.8) is 0 Å². The highest BCUT2D eigenvalue weighted by atomic mass is 19.4. The second-order valence-corrected chi connectivity index (χ2v) is 4.36. The molecule has 0 spiro atoms. The molecular weight excluding hydrogens is 287 g/mol. The third-order valence-corrected chi connectivity index (χ3v) is 2.92. The van der Waals surface area contributed by atoms with E-state index in [0.717, 1.165) is 6.92 Å². The topological polar surface area (TPSA) is 74.2 Å². The van der Waals surface area contributed by atoms with Crippen LogP contribution in [0.2, 0.25) is 0 Å². The standard InChI is InChI=1S/C14H16F3NO3/c1-3-21-13(20)10-6-4-9(5-7-10)11(18)8(2)12(19)14(15,16)17/h4-7,13,20H,3,18H2,1-2H3/p+1. The summed E-state index contributed by atoms with van der Waals surface area (Å²) in [6.45, 7) is 3.13. The lowest BCUT2D eigenvalue weighted by atomic mass is 10.0. The SMILES string of the molecule is CCOC(O)c1ccc(C([NH3+])=C(C)C(=O)C(F)(F)F)cc1. The third-order valence-electron chi connectivity index (χ3n) is 2.92. The summed E-state index contributed by atoms with van der Waals surface area (Å²) in [7, 11) is 0. The maximum absolute atomic E-state index is 12.4. The first-order valence-corrected chi connectivity index (χ1v) is 6.22. The average Bonchev–Trinajstić information content (AvgIpc) is 2.44. The van der Waals surface area contributed by atoms with Crippen LogP contribution in [0, 0.1) is 0 Å². The highest BCUT2D eigenvalue weighted by Gasteiger charge is 2.40. The minimum absolute atomic E-state index is 0.00484. The smallest absolute Gasteiger partial charge is 0.364 e. The van der Waals surface area contributed by atoms with Crippen LogP contribution in [-0.4, -0.2) is 23.7 Å². The van der Waals surface area contributed by atoms with Gasteiger partial charge in [-0.1, -0.05) is 12.1 Å². The fourth-order valence-corrected chi connectivity index (χ4v) is 1.67. The minimum atomic E-state index is -4.92. The summed E-state index contributed by atoms with van der Waals surface area (Å²) in [5, 5.41) is 9.60. The molecule has 0 aliphatic rings. The number of hydrogen-bond acceptors (Lipinski definition) is 3. The summed E-state index contributed by atoms with van der Waals surface area (Å²) >= 11 is 0. The number of allylic oxidation sites excluding steroid dienone is 1. The Bertz CT molecular complexity index is 535. The lowest BCUT2D eigenvalue weighted by molar-refractivity contribution is -0.245. The Hall–Kier alpha value is -1.70. The molecule has 0 fully saturated rings. The number of halogens is 3. The number of rotatable bonds is 5. The zero-order valence-corrected chi connectivity index (χ0v) is 11.7. The maximum atomic E-state index is 12.4. The lowest BCUT2D eigenvalue weighted by Gasteiger charge is -2.11. The Kier molecular flexibility index (Phi) is 5.65. The van der Waals surface area contributed by atoms with E-state index in [-0.39, 0.29) is 5.70 Å². The summed E-state index contributed by atoms with van der Waals surface area (Å²) in [5.41, 5.74) is 3.89. The van der Waals surface area contributed by atoms with Gasteiger partial charge in [-0.3, -0.25) is 4.79 Å². The molecule has 1 atom stereocenters. The molecule has 1 aromatic rings. The number of carbonyl (C=O) groups is 1. The summed E-state index contributed by atoms with van der Waals surface area (Å²) in [5.74, 6) is -1.91. The number of quaternary nitrogens is 1. The molecule has 0 aliphatic carbocycles. The lowest BCUT2D eigenvalue weighted by Crippen LogP contribution is -2.48. The van der Waals surface area contributed by atoms with E-state index >= 15 is 0 Å². The number of benzene rings is 1. The van der Waals surface area contributed by atoms with Crippen molar-refractivity contribution < 1.29 is 33.5 Å². The van der Waals surface area contributed by atoms with Crippen molar-refractivity contribution in [1.29, 1.82) is 0 Å². The highest BCUT2D eigenvalue weighted by Crippen LogP contribution is 2.24. The summed E-state index contributed by atoms with van der Waals surface area (Å²) in [4.78, 5) is 11.2.